The summed E-state index contributed by atoms with van der Waals surface area (Å²) in [5, 5.41) is 2.69. The Balaban J connectivity index is 1.55. The minimum absolute atomic E-state index is 0.259. The Hall–Kier alpha value is -3.44. The molecule has 0 N–H and O–H groups in total. The molecule has 5 heteroatoms. The number of esters is 1. The van der Waals surface area contributed by atoms with E-state index in [4.69, 9.17) is 9.15 Å². The average Bonchev–Trinajstić information content (AvgIpc) is 3.36. The van der Waals surface area contributed by atoms with Gasteiger partial charge in [-0.1, -0.05) is 42.5 Å². The second-order valence-electron chi connectivity index (χ2n) is 5.75. The maximum atomic E-state index is 12.4. The molecular weight excluding hydrogens is 360 g/mol. The van der Waals surface area contributed by atoms with Crippen molar-refractivity contribution in [3.05, 3.63) is 94.4 Å². The first-order valence-electron chi connectivity index (χ1n) is 8.26. The van der Waals surface area contributed by atoms with Gasteiger partial charge in [-0.2, -0.15) is 0 Å². The van der Waals surface area contributed by atoms with E-state index >= 15 is 0 Å². The third kappa shape index (κ3) is 3.73. The number of carbonyl (C=O) groups is 2. The summed E-state index contributed by atoms with van der Waals surface area (Å²) in [4.78, 5) is 25.1. The summed E-state index contributed by atoms with van der Waals surface area (Å²) in [5.41, 5.74) is 1.30. The lowest BCUT2D eigenvalue weighted by Gasteiger charge is -2.06. The van der Waals surface area contributed by atoms with Crippen molar-refractivity contribution >= 4 is 40.1 Å². The quantitative estimate of drug-likeness (QED) is 0.197. The van der Waals surface area contributed by atoms with E-state index in [1.54, 1.807) is 42.5 Å². The third-order valence-corrected chi connectivity index (χ3v) is 4.78. The number of hydrogen-bond acceptors (Lipinski definition) is 5. The summed E-state index contributed by atoms with van der Waals surface area (Å²) in [7, 11) is 0. The van der Waals surface area contributed by atoms with Crippen molar-refractivity contribution in [3.8, 4) is 5.75 Å². The molecule has 4 rings (SSSR count). The molecule has 0 aliphatic carbocycles. The highest BCUT2D eigenvalue weighted by Gasteiger charge is 2.12. The highest BCUT2D eigenvalue weighted by atomic mass is 32.1. The van der Waals surface area contributed by atoms with Gasteiger partial charge in [0, 0.05) is 10.9 Å². The van der Waals surface area contributed by atoms with E-state index in [2.05, 4.69) is 0 Å². The molecule has 0 aliphatic rings. The zero-order chi connectivity index (χ0) is 18.6. The van der Waals surface area contributed by atoms with E-state index in [0.717, 1.165) is 5.39 Å². The van der Waals surface area contributed by atoms with E-state index in [9.17, 15) is 9.59 Å². The fraction of sp³-hybridized carbons (Fsp3) is 0. The number of para-hydroxylation sites is 2. The van der Waals surface area contributed by atoms with Crippen molar-refractivity contribution in [3.63, 3.8) is 0 Å². The van der Waals surface area contributed by atoms with Gasteiger partial charge < -0.3 is 9.15 Å². The normalized spacial score (nSPS) is 11.1. The topological polar surface area (TPSA) is 56.5 Å². The van der Waals surface area contributed by atoms with Crippen molar-refractivity contribution in [1.82, 2.24) is 0 Å². The van der Waals surface area contributed by atoms with Crippen LogP contribution < -0.4 is 4.74 Å². The Bertz CT molecular complexity index is 1100. The van der Waals surface area contributed by atoms with Gasteiger partial charge in [-0.05, 0) is 41.8 Å². The van der Waals surface area contributed by atoms with Gasteiger partial charge in [0.1, 0.15) is 16.2 Å². The van der Waals surface area contributed by atoms with Crippen LogP contribution in [-0.4, -0.2) is 11.8 Å². The second-order valence-corrected chi connectivity index (χ2v) is 6.70. The monoisotopic (exact) mass is 374 g/mol. The molecule has 0 spiro atoms. The molecule has 2 aromatic heterocycles. The first-order chi connectivity index (χ1) is 13.2. The van der Waals surface area contributed by atoms with Crippen LogP contribution in [0.1, 0.15) is 25.8 Å². The molecule has 0 saturated heterocycles. The molecule has 0 unspecified atom stereocenters. The molecule has 27 heavy (non-hydrogen) atoms. The van der Waals surface area contributed by atoms with E-state index in [1.165, 1.54) is 17.4 Å². The molecule has 2 heterocycles. The fourth-order valence-electron chi connectivity index (χ4n) is 2.61. The minimum atomic E-state index is -0.422. The third-order valence-electron chi connectivity index (χ3n) is 3.93. The molecule has 0 radical (unpaired) electrons. The van der Waals surface area contributed by atoms with Crippen LogP contribution in [0.15, 0.2) is 82.6 Å². The summed E-state index contributed by atoms with van der Waals surface area (Å²) in [5.74, 6) is -0.0230. The van der Waals surface area contributed by atoms with Crippen LogP contribution in [0.4, 0.5) is 0 Å². The van der Waals surface area contributed by atoms with Gasteiger partial charge in [0.2, 0.25) is 5.78 Å². The molecule has 0 fully saturated rings. The number of ether oxygens (including phenoxy) is 1. The van der Waals surface area contributed by atoms with Crippen LogP contribution in [0.5, 0.6) is 5.75 Å². The van der Waals surface area contributed by atoms with Crippen LogP contribution >= 0.6 is 11.3 Å². The Morgan fingerprint density at radius 2 is 1.78 bits per heavy atom. The van der Waals surface area contributed by atoms with Crippen molar-refractivity contribution in [1.29, 1.82) is 0 Å². The van der Waals surface area contributed by atoms with Crippen LogP contribution in [0.25, 0.3) is 17.0 Å². The average molecular weight is 374 g/mol. The molecule has 0 atom stereocenters. The first-order valence-corrected chi connectivity index (χ1v) is 9.14. The molecule has 132 valence electrons. The number of carbonyl (C=O) groups excluding carboxylic acids is 2. The molecule has 4 nitrogen and oxygen atoms in total. The van der Waals surface area contributed by atoms with E-state index in [1.807, 2.05) is 35.7 Å². The molecular formula is C22H14O4S. The number of ketones is 1. The second kappa shape index (κ2) is 7.43. The molecule has 2 aromatic carbocycles. The summed E-state index contributed by atoms with van der Waals surface area (Å²) < 4.78 is 11.0. The lowest BCUT2D eigenvalue weighted by molar-refractivity contribution is 0.0739. The smallest absolute Gasteiger partial charge is 0.353 e. The lowest BCUT2D eigenvalue weighted by atomic mass is 10.1. The van der Waals surface area contributed by atoms with E-state index in [-0.39, 0.29) is 11.5 Å². The SMILES string of the molecule is O=C(C=Cc1ccccc1OC(=O)c1cccs1)c1cc2ccccc2o1. The highest BCUT2D eigenvalue weighted by molar-refractivity contribution is 7.12. The Morgan fingerprint density at radius 1 is 0.963 bits per heavy atom. The molecule has 0 saturated carbocycles. The maximum absolute atomic E-state index is 12.4. The zero-order valence-corrected chi connectivity index (χ0v) is 14.9. The Morgan fingerprint density at radius 3 is 2.59 bits per heavy atom. The van der Waals surface area contributed by atoms with Crippen LogP contribution in [0, 0.1) is 0 Å². The molecule has 4 aromatic rings. The molecule has 0 aliphatic heterocycles. The fourth-order valence-corrected chi connectivity index (χ4v) is 3.21. The van der Waals surface area contributed by atoms with Crippen molar-refractivity contribution < 1.29 is 18.7 Å². The lowest BCUT2D eigenvalue weighted by Crippen LogP contribution is -2.07. The van der Waals surface area contributed by atoms with Crippen molar-refractivity contribution in [2.24, 2.45) is 0 Å². The van der Waals surface area contributed by atoms with Crippen molar-refractivity contribution in [2.45, 2.75) is 0 Å². The summed E-state index contributed by atoms with van der Waals surface area (Å²) >= 11 is 1.31. The van der Waals surface area contributed by atoms with Gasteiger partial charge in [0.25, 0.3) is 0 Å². The van der Waals surface area contributed by atoms with Gasteiger partial charge >= 0.3 is 5.97 Å². The summed E-state index contributed by atoms with van der Waals surface area (Å²) in [6.45, 7) is 0. The number of benzene rings is 2. The predicted molar refractivity (Wildman–Crippen MR) is 105 cm³/mol. The van der Waals surface area contributed by atoms with Crippen LogP contribution in [0.2, 0.25) is 0 Å². The largest absolute Gasteiger partial charge is 0.453 e. The summed E-state index contributed by atoms with van der Waals surface area (Å²) in [6.07, 6.45) is 3.03. The standard InChI is InChI=1S/C22H14O4S/c23-17(20-14-16-7-2-4-9-19(16)25-20)12-11-15-6-1-3-8-18(15)26-22(24)21-10-5-13-27-21/h1-14H. The highest BCUT2D eigenvalue weighted by Crippen LogP contribution is 2.23. The Labute approximate surface area is 159 Å². The summed E-state index contributed by atoms with van der Waals surface area (Å²) in [6, 6.07) is 19.7. The number of furan rings is 1. The molecule has 0 bridgehead atoms. The molecule has 0 amide bonds. The van der Waals surface area contributed by atoms with Gasteiger partial charge in [-0.15, -0.1) is 11.3 Å². The zero-order valence-electron chi connectivity index (χ0n) is 14.1. The number of thiophene rings is 1. The van der Waals surface area contributed by atoms with Crippen LogP contribution in [0.3, 0.4) is 0 Å². The van der Waals surface area contributed by atoms with E-state index in [0.29, 0.717) is 21.8 Å². The first kappa shape index (κ1) is 17.0. The predicted octanol–water partition coefficient (Wildman–Crippen LogP) is 5.61. The minimum Gasteiger partial charge on any atom is -0.453 e. The van der Waals surface area contributed by atoms with Gasteiger partial charge in [0.15, 0.2) is 5.76 Å². The van der Waals surface area contributed by atoms with Gasteiger partial charge in [0.05, 0.1) is 0 Å². The Kier molecular flexibility index (Phi) is 4.68. The number of rotatable bonds is 5. The van der Waals surface area contributed by atoms with E-state index < -0.39 is 5.97 Å². The van der Waals surface area contributed by atoms with Gasteiger partial charge in [-0.3, -0.25) is 4.79 Å². The van der Waals surface area contributed by atoms with Gasteiger partial charge in [-0.25, -0.2) is 4.79 Å². The number of allylic oxidation sites excluding steroid dienone is 1. The number of hydrogen-bond donors (Lipinski definition) is 0. The van der Waals surface area contributed by atoms with Crippen molar-refractivity contribution in [2.75, 3.05) is 0 Å². The maximum Gasteiger partial charge on any atom is 0.353 e. The van der Waals surface area contributed by atoms with Crippen LogP contribution in [-0.2, 0) is 0 Å². The number of fused-ring (bicyclic) bond motifs is 1.